The van der Waals surface area contributed by atoms with Crippen LogP contribution in [0.4, 0.5) is 0 Å². The van der Waals surface area contributed by atoms with Crippen molar-refractivity contribution in [1.29, 1.82) is 0 Å². The molecule has 0 saturated carbocycles. The summed E-state index contributed by atoms with van der Waals surface area (Å²) >= 11 is 0. The van der Waals surface area contributed by atoms with Crippen LogP contribution in [0.25, 0.3) is 0 Å². The molecule has 2 heteroatoms. The summed E-state index contributed by atoms with van der Waals surface area (Å²) in [6.45, 7) is 7.26. The smallest absolute Gasteiger partial charge is 0.0351 e. The summed E-state index contributed by atoms with van der Waals surface area (Å²) < 4.78 is 4.25. The second-order valence-corrected chi connectivity index (χ2v) is 3.95. The highest BCUT2D eigenvalue weighted by atomic mass is 16.4. The molecule has 1 saturated heterocycles. The number of methoxy groups -OCH3 is 1. The molecule has 1 fully saturated rings. The third-order valence-electron chi connectivity index (χ3n) is 2.37. The van der Waals surface area contributed by atoms with E-state index in [0.717, 1.165) is 6.04 Å². The van der Waals surface area contributed by atoms with Crippen LogP contribution in [0.2, 0.25) is 0 Å². The van der Waals surface area contributed by atoms with Crippen LogP contribution < -0.4 is 0 Å². The number of hydrogen-bond donors (Lipinski definition) is 0. The van der Waals surface area contributed by atoms with E-state index in [1.54, 1.807) is 14.2 Å². The average molecular weight is 187 g/mol. The molecular weight excluding hydrogens is 162 g/mol. The van der Waals surface area contributed by atoms with Crippen molar-refractivity contribution in [2.24, 2.45) is 0 Å². The van der Waals surface area contributed by atoms with Gasteiger partial charge in [-0.25, -0.2) is 0 Å². The molecule has 1 aliphatic rings. The first-order chi connectivity index (χ1) is 6.22. The first kappa shape index (κ1) is 12.9. The summed E-state index contributed by atoms with van der Waals surface area (Å²) in [5.41, 5.74) is 0. The molecule has 0 radical (unpaired) electrons. The lowest BCUT2D eigenvalue weighted by Crippen LogP contribution is -2.31. The van der Waals surface area contributed by atoms with E-state index < -0.39 is 0 Å². The Kier molecular flexibility index (Phi) is 8.46. The maximum Gasteiger partial charge on any atom is 0.0351 e. The molecule has 1 rings (SSSR count). The van der Waals surface area contributed by atoms with Crippen LogP contribution in [0.3, 0.4) is 0 Å². The summed E-state index contributed by atoms with van der Waals surface area (Å²) in [7, 11) is 3.25. The Morgan fingerprint density at radius 3 is 1.62 bits per heavy atom. The van der Waals surface area contributed by atoms with E-state index in [-0.39, 0.29) is 0 Å². The number of ether oxygens (including phenoxy) is 1. The highest BCUT2D eigenvalue weighted by molar-refractivity contribution is 4.66. The van der Waals surface area contributed by atoms with E-state index in [4.69, 9.17) is 0 Å². The Morgan fingerprint density at radius 2 is 1.31 bits per heavy atom. The van der Waals surface area contributed by atoms with Gasteiger partial charge < -0.3 is 9.64 Å². The lowest BCUT2D eigenvalue weighted by atomic mass is 10.2. The predicted octanol–water partition coefficient (Wildman–Crippen LogP) is 2.53. The van der Waals surface area contributed by atoms with Crippen molar-refractivity contribution in [2.45, 2.75) is 45.6 Å². The summed E-state index contributed by atoms with van der Waals surface area (Å²) in [6.07, 6.45) is 5.72. The third-order valence-corrected chi connectivity index (χ3v) is 2.37. The first-order valence-corrected chi connectivity index (χ1v) is 5.36. The van der Waals surface area contributed by atoms with E-state index in [2.05, 4.69) is 23.5 Å². The van der Waals surface area contributed by atoms with Gasteiger partial charge in [0.25, 0.3) is 0 Å². The van der Waals surface area contributed by atoms with Crippen molar-refractivity contribution in [3.05, 3.63) is 0 Å². The lowest BCUT2D eigenvalue weighted by molar-refractivity contribution is 0.231. The second-order valence-electron chi connectivity index (χ2n) is 3.95. The molecule has 0 unspecified atom stereocenters. The first-order valence-electron chi connectivity index (χ1n) is 5.36. The van der Waals surface area contributed by atoms with Crippen LogP contribution >= 0.6 is 0 Å². The lowest BCUT2D eigenvalue weighted by Gasteiger charge is -2.23. The number of hydrogen-bond acceptors (Lipinski definition) is 2. The van der Waals surface area contributed by atoms with E-state index in [1.165, 1.54) is 38.8 Å². The molecule has 0 atom stereocenters. The highest BCUT2D eigenvalue weighted by Crippen LogP contribution is 2.11. The molecule has 0 bridgehead atoms. The Hall–Kier alpha value is -0.0800. The van der Waals surface area contributed by atoms with Gasteiger partial charge in [0, 0.05) is 20.3 Å². The molecule has 0 amide bonds. The van der Waals surface area contributed by atoms with E-state index in [9.17, 15) is 0 Å². The van der Waals surface area contributed by atoms with E-state index in [1.807, 2.05) is 0 Å². The second kappa shape index (κ2) is 8.52. The Balaban J connectivity index is 0.000000424. The van der Waals surface area contributed by atoms with Gasteiger partial charge in [-0.05, 0) is 39.8 Å². The molecule has 13 heavy (non-hydrogen) atoms. The molecule has 0 aromatic carbocycles. The average Bonchev–Trinajstić information content (AvgIpc) is 2.32. The van der Waals surface area contributed by atoms with Gasteiger partial charge in [0.1, 0.15) is 0 Å². The molecule has 1 aliphatic heterocycles. The fraction of sp³-hybridized carbons (Fsp3) is 1.00. The van der Waals surface area contributed by atoms with Gasteiger partial charge in [-0.3, -0.25) is 0 Å². The van der Waals surface area contributed by atoms with E-state index >= 15 is 0 Å². The van der Waals surface area contributed by atoms with Crippen LogP contribution in [-0.2, 0) is 4.74 Å². The summed E-state index contributed by atoms with van der Waals surface area (Å²) in [5.74, 6) is 0. The third kappa shape index (κ3) is 7.03. The van der Waals surface area contributed by atoms with Crippen molar-refractivity contribution in [2.75, 3.05) is 27.3 Å². The Morgan fingerprint density at radius 1 is 0.923 bits per heavy atom. The molecule has 0 N–H and O–H groups in total. The maximum atomic E-state index is 4.25. The molecule has 0 aliphatic carbocycles. The van der Waals surface area contributed by atoms with Crippen molar-refractivity contribution in [1.82, 2.24) is 4.90 Å². The summed E-state index contributed by atoms with van der Waals surface area (Å²) in [4.78, 5) is 2.59. The highest BCUT2D eigenvalue weighted by Gasteiger charge is 2.10. The van der Waals surface area contributed by atoms with Gasteiger partial charge in [0.2, 0.25) is 0 Å². The van der Waals surface area contributed by atoms with Crippen molar-refractivity contribution >= 4 is 0 Å². The fourth-order valence-corrected chi connectivity index (χ4v) is 1.61. The molecule has 0 aromatic rings. The van der Waals surface area contributed by atoms with Crippen LogP contribution in [0.5, 0.6) is 0 Å². The minimum Gasteiger partial charge on any atom is -0.388 e. The summed E-state index contributed by atoms with van der Waals surface area (Å²) in [5, 5.41) is 0. The van der Waals surface area contributed by atoms with Gasteiger partial charge in [-0.1, -0.05) is 12.8 Å². The zero-order valence-corrected chi connectivity index (χ0v) is 9.68. The van der Waals surface area contributed by atoms with Gasteiger partial charge in [0.05, 0.1) is 0 Å². The normalized spacial score (nSPS) is 19.2. The zero-order chi connectivity index (χ0) is 10.1. The monoisotopic (exact) mass is 187 g/mol. The molecule has 80 valence electrons. The Labute approximate surface area is 83.3 Å². The largest absolute Gasteiger partial charge is 0.388 e. The van der Waals surface area contributed by atoms with Gasteiger partial charge >= 0.3 is 0 Å². The topological polar surface area (TPSA) is 12.5 Å². The van der Waals surface area contributed by atoms with Crippen LogP contribution in [0.15, 0.2) is 0 Å². The van der Waals surface area contributed by atoms with Crippen LogP contribution in [-0.4, -0.2) is 38.3 Å². The molecular formula is C11H25NO. The van der Waals surface area contributed by atoms with E-state index in [0.29, 0.717) is 0 Å². The minimum absolute atomic E-state index is 0.762. The van der Waals surface area contributed by atoms with Crippen molar-refractivity contribution in [3.63, 3.8) is 0 Å². The Bertz CT molecular complexity index is 96.3. The number of rotatable bonds is 1. The van der Waals surface area contributed by atoms with Crippen LogP contribution in [0.1, 0.15) is 39.5 Å². The van der Waals surface area contributed by atoms with Gasteiger partial charge in [-0.15, -0.1) is 0 Å². The SMILES string of the molecule is CC(C)N1CCCCCC1.COC. The molecule has 2 nitrogen and oxygen atoms in total. The maximum absolute atomic E-state index is 4.25. The van der Waals surface area contributed by atoms with Crippen molar-refractivity contribution in [3.8, 4) is 0 Å². The fourth-order valence-electron chi connectivity index (χ4n) is 1.61. The molecule has 1 heterocycles. The quantitative estimate of drug-likeness (QED) is 0.625. The van der Waals surface area contributed by atoms with Gasteiger partial charge in [-0.2, -0.15) is 0 Å². The minimum atomic E-state index is 0.762. The van der Waals surface area contributed by atoms with Crippen molar-refractivity contribution < 1.29 is 4.74 Å². The predicted molar refractivity (Wildman–Crippen MR) is 58.1 cm³/mol. The molecule has 0 aromatic heterocycles. The summed E-state index contributed by atoms with van der Waals surface area (Å²) in [6, 6.07) is 0.762. The number of likely N-dealkylation sites (tertiary alicyclic amines) is 1. The zero-order valence-electron chi connectivity index (χ0n) is 9.68. The molecule has 0 spiro atoms. The van der Waals surface area contributed by atoms with Crippen LogP contribution in [0, 0.1) is 0 Å². The standard InChI is InChI=1S/C9H19N.C2H6O/c1-9(2)10-7-5-3-4-6-8-10;1-3-2/h9H,3-8H2,1-2H3;1-2H3. The number of nitrogens with zero attached hydrogens (tertiary/aromatic N) is 1. The van der Waals surface area contributed by atoms with Gasteiger partial charge in [0.15, 0.2) is 0 Å².